The van der Waals surface area contributed by atoms with E-state index in [0.29, 0.717) is 11.0 Å². The van der Waals surface area contributed by atoms with Crippen LogP contribution in [-0.2, 0) is 13.0 Å². The summed E-state index contributed by atoms with van der Waals surface area (Å²) in [6, 6.07) is 8.35. The third-order valence-electron chi connectivity index (χ3n) is 4.26. The summed E-state index contributed by atoms with van der Waals surface area (Å²) in [5.41, 5.74) is 2.03. The highest BCUT2D eigenvalue weighted by Gasteiger charge is 2.20. The van der Waals surface area contributed by atoms with E-state index in [1.165, 1.54) is 16.9 Å². The second-order valence-corrected chi connectivity index (χ2v) is 7.09. The molecule has 1 amide bonds. The third kappa shape index (κ3) is 4.17. The largest absolute Gasteiger partial charge is 0.320 e. The SMILES string of the molecule is CCc1ccc(NC(=O)c2nnc(CN3CCNC[C@@H]3C)s2)cc1. The predicted molar refractivity (Wildman–Crippen MR) is 96.4 cm³/mol. The maximum atomic E-state index is 12.3. The zero-order valence-electron chi connectivity index (χ0n) is 14.1. The van der Waals surface area contributed by atoms with Crippen molar-refractivity contribution in [2.45, 2.75) is 32.9 Å². The number of piperazine rings is 1. The first-order chi connectivity index (χ1) is 11.7. The molecule has 7 heteroatoms. The minimum Gasteiger partial charge on any atom is -0.320 e. The molecule has 0 aliphatic carbocycles. The lowest BCUT2D eigenvalue weighted by molar-refractivity contribution is 0.102. The Hall–Kier alpha value is -1.83. The molecule has 2 heterocycles. The number of anilines is 1. The lowest BCUT2D eigenvalue weighted by atomic mass is 10.1. The Morgan fingerprint density at radius 2 is 2.17 bits per heavy atom. The Bertz CT molecular complexity index is 685. The van der Waals surface area contributed by atoms with E-state index < -0.39 is 0 Å². The second-order valence-electron chi connectivity index (χ2n) is 6.03. The van der Waals surface area contributed by atoms with Crippen LogP contribution in [0.25, 0.3) is 0 Å². The van der Waals surface area contributed by atoms with E-state index in [1.807, 2.05) is 24.3 Å². The van der Waals surface area contributed by atoms with Gasteiger partial charge in [0, 0.05) is 31.4 Å². The van der Waals surface area contributed by atoms with Gasteiger partial charge in [0.1, 0.15) is 5.01 Å². The van der Waals surface area contributed by atoms with Gasteiger partial charge in [0.2, 0.25) is 5.01 Å². The number of rotatable bonds is 5. The molecule has 1 aliphatic heterocycles. The summed E-state index contributed by atoms with van der Waals surface area (Å²) in [6.07, 6.45) is 0.985. The van der Waals surface area contributed by atoms with Crippen LogP contribution in [0.5, 0.6) is 0 Å². The van der Waals surface area contributed by atoms with Gasteiger partial charge in [0.05, 0.1) is 6.54 Å². The average molecular weight is 345 g/mol. The van der Waals surface area contributed by atoms with Crippen LogP contribution in [0.1, 0.15) is 34.2 Å². The molecule has 0 radical (unpaired) electrons. The molecule has 2 N–H and O–H groups in total. The summed E-state index contributed by atoms with van der Waals surface area (Å²) in [5.74, 6) is -0.198. The molecule has 128 valence electrons. The van der Waals surface area contributed by atoms with Gasteiger partial charge in [-0.05, 0) is 31.0 Å². The van der Waals surface area contributed by atoms with E-state index in [1.54, 1.807) is 0 Å². The highest BCUT2D eigenvalue weighted by atomic mass is 32.1. The Morgan fingerprint density at radius 3 is 2.88 bits per heavy atom. The minimum atomic E-state index is -0.198. The van der Waals surface area contributed by atoms with Gasteiger partial charge in [-0.2, -0.15) is 0 Å². The van der Waals surface area contributed by atoms with E-state index in [0.717, 1.165) is 43.3 Å². The summed E-state index contributed by atoms with van der Waals surface area (Å²) < 4.78 is 0. The minimum absolute atomic E-state index is 0.198. The summed E-state index contributed by atoms with van der Waals surface area (Å²) in [5, 5.41) is 15.8. The van der Waals surface area contributed by atoms with Crippen molar-refractivity contribution < 1.29 is 4.79 Å². The number of hydrogen-bond acceptors (Lipinski definition) is 6. The molecule has 1 aromatic carbocycles. The molecular formula is C17H23N5OS. The van der Waals surface area contributed by atoms with Crippen molar-refractivity contribution in [1.82, 2.24) is 20.4 Å². The van der Waals surface area contributed by atoms with Gasteiger partial charge in [-0.1, -0.05) is 30.4 Å². The van der Waals surface area contributed by atoms with Gasteiger partial charge in [0.15, 0.2) is 0 Å². The molecular weight excluding hydrogens is 322 g/mol. The summed E-state index contributed by atoms with van der Waals surface area (Å²) in [4.78, 5) is 14.7. The van der Waals surface area contributed by atoms with Gasteiger partial charge in [-0.15, -0.1) is 10.2 Å². The molecule has 0 saturated carbocycles. The number of carbonyl (C=O) groups excluding carboxylic acids is 1. The van der Waals surface area contributed by atoms with Gasteiger partial charge in [0.25, 0.3) is 5.91 Å². The zero-order valence-corrected chi connectivity index (χ0v) is 14.9. The van der Waals surface area contributed by atoms with Gasteiger partial charge < -0.3 is 10.6 Å². The van der Waals surface area contributed by atoms with Gasteiger partial charge >= 0.3 is 0 Å². The van der Waals surface area contributed by atoms with E-state index in [9.17, 15) is 4.79 Å². The van der Waals surface area contributed by atoms with Crippen molar-refractivity contribution in [2.24, 2.45) is 0 Å². The molecule has 0 bridgehead atoms. The van der Waals surface area contributed by atoms with Crippen LogP contribution in [0.4, 0.5) is 5.69 Å². The van der Waals surface area contributed by atoms with Crippen molar-refractivity contribution in [3.05, 3.63) is 39.8 Å². The molecule has 1 fully saturated rings. The lowest BCUT2D eigenvalue weighted by Crippen LogP contribution is -2.49. The van der Waals surface area contributed by atoms with Crippen molar-refractivity contribution in [1.29, 1.82) is 0 Å². The number of aryl methyl sites for hydroxylation is 1. The van der Waals surface area contributed by atoms with Gasteiger partial charge in [-0.25, -0.2) is 0 Å². The molecule has 2 aromatic rings. The zero-order chi connectivity index (χ0) is 16.9. The molecule has 1 atom stereocenters. The van der Waals surface area contributed by atoms with Gasteiger partial charge in [-0.3, -0.25) is 9.69 Å². The lowest BCUT2D eigenvalue weighted by Gasteiger charge is -2.32. The summed E-state index contributed by atoms with van der Waals surface area (Å²) in [6.45, 7) is 8.02. The summed E-state index contributed by atoms with van der Waals surface area (Å²) >= 11 is 1.37. The fourth-order valence-corrected chi connectivity index (χ4v) is 3.47. The number of hydrogen-bond donors (Lipinski definition) is 2. The monoisotopic (exact) mass is 345 g/mol. The Kier molecular flexibility index (Phi) is 5.55. The molecule has 0 unspecified atom stereocenters. The molecule has 24 heavy (non-hydrogen) atoms. The Balaban J connectivity index is 1.60. The Morgan fingerprint density at radius 1 is 1.38 bits per heavy atom. The van der Waals surface area contributed by atoms with Crippen LogP contribution in [0.15, 0.2) is 24.3 Å². The molecule has 6 nitrogen and oxygen atoms in total. The van der Waals surface area contributed by atoms with Crippen LogP contribution in [0.3, 0.4) is 0 Å². The van der Waals surface area contributed by atoms with Crippen molar-refractivity contribution in [2.75, 3.05) is 25.0 Å². The van der Waals surface area contributed by atoms with Crippen LogP contribution in [0, 0.1) is 0 Å². The quantitative estimate of drug-likeness (QED) is 0.869. The highest BCUT2D eigenvalue weighted by Crippen LogP contribution is 2.17. The standard InChI is InChI=1S/C17H23N5OS/c1-3-13-4-6-14(7-5-13)19-16(23)17-21-20-15(24-17)11-22-9-8-18-10-12(22)2/h4-7,12,18H,3,8-11H2,1-2H3,(H,19,23)/t12-/m0/s1. The van der Waals surface area contributed by atoms with E-state index in [-0.39, 0.29) is 5.91 Å². The number of carbonyl (C=O) groups is 1. The average Bonchev–Trinajstić information content (AvgIpc) is 3.06. The number of aromatic nitrogens is 2. The third-order valence-corrected chi connectivity index (χ3v) is 5.17. The van der Waals surface area contributed by atoms with Crippen molar-refractivity contribution >= 4 is 22.9 Å². The molecule has 3 rings (SSSR count). The first kappa shape index (κ1) is 17.0. The summed E-state index contributed by atoms with van der Waals surface area (Å²) in [7, 11) is 0. The van der Waals surface area contributed by atoms with Crippen molar-refractivity contribution in [3.63, 3.8) is 0 Å². The molecule has 1 saturated heterocycles. The van der Waals surface area contributed by atoms with Crippen LogP contribution in [0.2, 0.25) is 0 Å². The first-order valence-corrected chi connectivity index (χ1v) is 9.15. The number of nitrogens with zero attached hydrogens (tertiary/aromatic N) is 3. The Labute approximate surface area is 146 Å². The van der Waals surface area contributed by atoms with Crippen molar-refractivity contribution in [3.8, 4) is 0 Å². The number of benzene rings is 1. The molecule has 1 aromatic heterocycles. The number of nitrogens with one attached hydrogen (secondary N) is 2. The fourth-order valence-electron chi connectivity index (χ4n) is 2.71. The smallest absolute Gasteiger partial charge is 0.286 e. The number of amides is 1. The maximum Gasteiger partial charge on any atom is 0.286 e. The van der Waals surface area contributed by atoms with Crippen LogP contribution in [-0.4, -0.2) is 46.7 Å². The second kappa shape index (κ2) is 7.83. The fraction of sp³-hybridized carbons (Fsp3) is 0.471. The predicted octanol–water partition coefficient (Wildman–Crippen LogP) is 2.15. The van der Waals surface area contributed by atoms with E-state index in [4.69, 9.17) is 0 Å². The highest BCUT2D eigenvalue weighted by molar-refractivity contribution is 7.13. The van der Waals surface area contributed by atoms with Crippen LogP contribution < -0.4 is 10.6 Å². The molecule has 1 aliphatic rings. The van der Waals surface area contributed by atoms with E-state index in [2.05, 4.69) is 39.6 Å². The van der Waals surface area contributed by atoms with Crippen LogP contribution >= 0.6 is 11.3 Å². The normalized spacial score (nSPS) is 18.5. The maximum absolute atomic E-state index is 12.3. The first-order valence-electron chi connectivity index (χ1n) is 8.33. The van der Waals surface area contributed by atoms with E-state index >= 15 is 0 Å². The topological polar surface area (TPSA) is 70.2 Å². The molecule has 0 spiro atoms.